The molecule has 0 atom stereocenters. The maximum absolute atomic E-state index is 13.5. The van der Waals surface area contributed by atoms with Crippen LogP contribution in [0.15, 0.2) is 18.5 Å². The summed E-state index contributed by atoms with van der Waals surface area (Å²) in [6, 6.07) is 2.98. The van der Waals surface area contributed by atoms with Crippen molar-refractivity contribution >= 4 is 29.5 Å². The number of rotatable bonds is 12. The summed E-state index contributed by atoms with van der Waals surface area (Å²) in [6.45, 7) is 15.8. The average Bonchev–Trinajstić information content (AvgIpc) is 3.30. The highest BCUT2D eigenvalue weighted by molar-refractivity contribution is 5.80. The molecule has 12 nitrogen and oxygen atoms in total. The molecule has 234 valence electrons. The Bertz CT molecular complexity index is 1190. The Morgan fingerprint density at radius 2 is 1.19 bits per heavy atom. The first-order valence-electron chi connectivity index (χ1n) is 14.1. The fourth-order valence-electron chi connectivity index (χ4n) is 4.35. The van der Waals surface area contributed by atoms with Gasteiger partial charge >= 0.3 is 17.9 Å². The Kier molecular flexibility index (Phi) is 11.1. The second kappa shape index (κ2) is 13.5. The predicted octanol–water partition coefficient (Wildman–Crippen LogP) is 4.20. The third-order valence-electron chi connectivity index (χ3n) is 5.91. The highest BCUT2D eigenvalue weighted by Gasteiger charge is 2.36. The van der Waals surface area contributed by atoms with Crippen LogP contribution in [0.2, 0.25) is 0 Å². The van der Waals surface area contributed by atoms with Crippen LogP contribution in [0.25, 0.3) is 5.65 Å². The lowest BCUT2D eigenvalue weighted by Crippen LogP contribution is -2.50. The molecule has 2 aromatic heterocycles. The fourth-order valence-corrected chi connectivity index (χ4v) is 4.35. The monoisotopic (exact) mass is 590 g/mol. The number of fused-ring (bicyclic) bond motifs is 1. The number of ether oxygens (including phenoxy) is 3. The van der Waals surface area contributed by atoms with E-state index in [1.807, 2.05) is 0 Å². The Hall–Kier alpha value is -3.70. The molecule has 0 fully saturated rings. The number of amides is 1. The number of aromatic nitrogens is 3. The molecule has 0 unspecified atom stereocenters. The predicted molar refractivity (Wildman–Crippen MR) is 154 cm³/mol. The van der Waals surface area contributed by atoms with Gasteiger partial charge in [0.25, 0.3) is 0 Å². The molecule has 0 aliphatic heterocycles. The maximum Gasteiger partial charge on any atom is 0.306 e. The summed E-state index contributed by atoms with van der Waals surface area (Å²) in [5.74, 6) is -1.94. The smallest absolute Gasteiger partial charge is 0.306 e. The van der Waals surface area contributed by atoms with Crippen LogP contribution in [0, 0.1) is 0 Å². The van der Waals surface area contributed by atoms with Gasteiger partial charge in [0.15, 0.2) is 11.4 Å². The van der Waals surface area contributed by atoms with Gasteiger partial charge in [0.05, 0.1) is 12.1 Å². The quantitative estimate of drug-likeness (QED) is 0.271. The summed E-state index contributed by atoms with van der Waals surface area (Å²) >= 11 is 0. The van der Waals surface area contributed by atoms with Crippen molar-refractivity contribution in [3.63, 3.8) is 0 Å². The molecule has 0 saturated carbocycles. The van der Waals surface area contributed by atoms with E-state index < -0.39 is 46.2 Å². The number of esters is 3. The van der Waals surface area contributed by atoms with Crippen molar-refractivity contribution in [3.05, 3.63) is 24.2 Å². The lowest BCUT2D eigenvalue weighted by molar-refractivity contribution is -0.155. The van der Waals surface area contributed by atoms with E-state index in [1.165, 1.54) is 16.9 Å². The van der Waals surface area contributed by atoms with Crippen molar-refractivity contribution in [1.29, 1.82) is 0 Å². The molecule has 0 bridgehead atoms. The van der Waals surface area contributed by atoms with Crippen molar-refractivity contribution in [2.75, 3.05) is 0 Å². The Morgan fingerprint density at radius 1 is 0.762 bits per heavy atom. The van der Waals surface area contributed by atoms with E-state index in [0.29, 0.717) is 5.69 Å². The lowest BCUT2D eigenvalue weighted by Gasteiger charge is -2.36. The van der Waals surface area contributed by atoms with Gasteiger partial charge in [-0.05, 0) is 93.7 Å². The van der Waals surface area contributed by atoms with Crippen LogP contribution in [0.3, 0.4) is 0 Å². The molecule has 0 radical (unpaired) electrons. The van der Waals surface area contributed by atoms with E-state index in [-0.39, 0.29) is 56.3 Å². The van der Waals surface area contributed by atoms with E-state index in [0.717, 1.165) is 0 Å². The summed E-state index contributed by atoms with van der Waals surface area (Å²) in [5.41, 5.74) is -2.63. The number of carbonyl (C=O) groups is 4. The molecule has 1 amide bonds. The van der Waals surface area contributed by atoms with Crippen molar-refractivity contribution in [2.45, 2.75) is 130 Å². The molecule has 12 heteroatoms. The van der Waals surface area contributed by atoms with E-state index >= 15 is 0 Å². The van der Waals surface area contributed by atoms with Gasteiger partial charge in [0.2, 0.25) is 5.91 Å². The molecule has 0 aliphatic carbocycles. The molecule has 0 saturated heterocycles. The summed E-state index contributed by atoms with van der Waals surface area (Å²) in [5, 5.41) is 17.2. The normalized spacial score (nSPS) is 12.6. The first-order chi connectivity index (χ1) is 19.2. The Morgan fingerprint density at radius 3 is 1.60 bits per heavy atom. The second-order valence-corrected chi connectivity index (χ2v) is 13.5. The fraction of sp³-hybridized carbons (Fsp3) is 0.667. The van der Waals surface area contributed by atoms with Crippen LogP contribution in [-0.4, -0.2) is 65.9 Å². The highest BCUT2D eigenvalue weighted by Crippen LogP contribution is 2.29. The van der Waals surface area contributed by atoms with Crippen molar-refractivity contribution in [1.82, 2.24) is 19.9 Å². The van der Waals surface area contributed by atoms with Gasteiger partial charge in [-0.2, -0.15) is 5.10 Å². The molecule has 2 N–H and O–H groups in total. The zero-order chi connectivity index (χ0) is 31.9. The van der Waals surface area contributed by atoms with Gasteiger partial charge in [-0.1, -0.05) is 0 Å². The topological polar surface area (TPSA) is 158 Å². The number of hydrogen-bond acceptors (Lipinski definition) is 10. The van der Waals surface area contributed by atoms with E-state index in [4.69, 9.17) is 14.2 Å². The van der Waals surface area contributed by atoms with Gasteiger partial charge in [0.1, 0.15) is 23.1 Å². The minimum absolute atomic E-state index is 0.0628. The van der Waals surface area contributed by atoms with Crippen molar-refractivity contribution in [2.24, 2.45) is 0 Å². The van der Waals surface area contributed by atoms with E-state index in [9.17, 15) is 24.3 Å². The molecule has 0 aliphatic rings. The van der Waals surface area contributed by atoms with Gasteiger partial charge in [-0.15, -0.1) is 0 Å². The van der Waals surface area contributed by atoms with Crippen LogP contribution in [0.4, 0.5) is 0 Å². The summed E-state index contributed by atoms with van der Waals surface area (Å²) in [7, 11) is 0. The third kappa shape index (κ3) is 12.0. The van der Waals surface area contributed by atoms with Crippen LogP contribution in [0.5, 0.6) is 5.75 Å². The van der Waals surface area contributed by atoms with Crippen LogP contribution < -0.4 is 5.32 Å². The zero-order valence-electron chi connectivity index (χ0n) is 26.3. The first-order valence-corrected chi connectivity index (χ1v) is 14.1. The molecular weight excluding hydrogens is 544 g/mol. The number of pyridine rings is 1. The summed E-state index contributed by atoms with van der Waals surface area (Å²) in [6.07, 6.45) is 1.25. The Labute approximate surface area is 247 Å². The lowest BCUT2D eigenvalue weighted by atomic mass is 9.83. The van der Waals surface area contributed by atoms with Crippen molar-refractivity contribution < 1.29 is 38.5 Å². The number of carbonyl (C=O) groups excluding carboxylic acids is 4. The Balaban J connectivity index is 2.38. The number of nitrogens with one attached hydrogen (secondary N) is 1. The minimum atomic E-state index is -1.15. The van der Waals surface area contributed by atoms with Crippen LogP contribution in [0.1, 0.15) is 107 Å². The van der Waals surface area contributed by atoms with Crippen LogP contribution in [-0.2, 0) is 39.8 Å². The molecule has 42 heavy (non-hydrogen) atoms. The number of hydrogen-bond donors (Lipinski definition) is 2. The number of aromatic hydroxyl groups is 1. The highest BCUT2D eigenvalue weighted by atomic mass is 16.6. The van der Waals surface area contributed by atoms with Gasteiger partial charge in [0, 0.05) is 24.8 Å². The zero-order valence-corrected chi connectivity index (χ0v) is 26.3. The number of nitrogens with zero attached hydrogens (tertiary/aromatic N) is 3. The van der Waals surface area contributed by atoms with Crippen LogP contribution >= 0.6 is 0 Å². The first kappa shape index (κ1) is 34.5. The standard InChI is InChI=1S/C30H46N4O8/c1-27(2,3)40-23(37)12-15-30(16-13-24(38)41-28(4,5)6,17-14-25(39)42-29(7,8)9)33-22(36)18-20-10-11-21(35)26-31-19-32-34(20)26/h10-11,19,35H,12-18H2,1-9H3,(H,33,36). The SMILES string of the molecule is CC(C)(C)OC(=O)CCC(CCC(=O)OC(C)(C)C)(CCC(=O)OC(C)(C)C)NC(=O)Cc1ccc(O)c2ncnn12. The molecule has 0 spiro atoms. The van der Waals surface area contributed by atoms with Gasteiger partial charge in [-0.3, -0.25) is 19.2 Å². The van der Waals surface area contributed by atoms with E-state index in [1.54, 1.807) is 68.4 Å². The molecule has 2 rings (SSSR count). The van der Waals surface area contributed by atoms with Gasteiger partial charge in [-0.25, -0.2) is 9.50 Å². The largest absolute Gasteiger partial charge is 0.504 e. The minimum Gasteiger partial charge on any atom is -0.504 e. The maximum atomic E-state index is 13.5. The van der Waals surface area contributed by atoms with Crippen molar-refractivity contribution in [3.8, 4) is 5.75 Å². The average molecular weight is 591 g/mol. The molecule has 2 aromatic rings. The summed E-state index contributed by atoms with van der Waals surface area (Å²) in [4.78, 5) is 55.7. The van der Waals surface area contributed by atoms with E-state index in [2.05, 4.69) is 15.4 Å². The van der Waals surface area contributed by atoms with Gasteiger partial charge < -0.3 is 24.6 Å². The molecular formula is C30H46N4O8. The summed E-state index contributed by atoms with van der Waals surface area (Å²) < 4.78 is 17.8. The third-order valence-corrected chi connectivity index (χ3v) is 5.91. The molecule has 2 heterocycles. The second-order valence-electron chi connectivity index (χ2n) is 13.5. The molecule has 0 aromatic carbocycles.